The molecule has 0 spiro atoms. The summed E-state index contributed by atoms with van der Waals surface area (Å²) in [6.07, 6.45) is 2.22. The van der Waals surface area contributed by atoms with E-state index in [4.69, 9.17) is 14.5 Å². The van der Waals surface area contributed by atoms with E-state index >= 15 is 0 Å². The lowest BCUT2D eigenvalue weighted by Crippen LogP contribution is -2.24. The average molecular weight is 522 g/mol. The number of fused-ring (bicyclic) bond motifs is 1. The van der Waals surface area contributed by atoms with Crippen molar-refractivity contribution in [3.05, 3.63) is 84.1 Å². The van der Waals surface area contributed by atoms with Gasteiger partial charge in [-0.25, -0.2) is 9.97 Å². The summed E-state index contributed by atoms with van der Waals surface area (Å²) in [5.74, 6) is 0.845. The fraction of sp³-hybridized carbons (Fsp3) is 0.286. The zero-order chi connectivity index (χ0) is 26.3. The molecule has 0 amide bonds. The summed E-state index contributed by atoms with van der Waals surface area (Å²) >= 11 is 0. The number of pyridine rings is 2. The lowest BCUT2D eigenvalue weighted by molar-refractivity contribution is 0.0515. The number of hydrogen-bond donors (Lipinski definition) is 1. The summed E-state index contributed by atoms with van der Waals surface area (Å²) in [6.45, 7) is 4.20. The molecular weight excluding hydrogens is 490 g/mol. The molecular formula is C28H31N3O5S. The summed E-state index contributed by atoms with van der Waals surface area (Å²) < 4.78 is 43.7. The number of rotatable bonds is 12. The third-order valence-corrected chi connectivity index (χ3v) is 6.94. The Morgan fingerprint density at radius 1 is 0.919 bits per heavy atom. The number of aromatic nitrogens is 2. The normalized spacial score (nSPS) is 11.6. The van der Waals surface area contributed by atoms with E-state index in [0.29, 0.717) is 45.0 Å². The predicted octanol–water partition coefficient (Wildman–Crippen LogP) is 4.56. The zero-order valence-electron chi connectivity index (χ0n) is 21.0. The summed E-state index contributed by atoms with van der Waals surface area (Å²) in [4.78, 5) is 11.3. The number of ether oxygens (including phenoxy) is 2. The third-order valence-electron chi connectivity index (χ3n) is 5.99. The highest BCUT2D eigenvalue weighted by atomic mass is 32.2. The third kappa shape index (κ3) is 7.33. The molecule has 8 nitrogen and oxygen atoms in total. The van der Waals surface area contributed by atoms with Gasteiger partial charge in [0.15, 0.2) is 0 Å². The minimum absolute atomic E-state index is 0.0730. The minimum Gasteiger partial charge on any atom is -0.379 e. The van der Waals surface area contributed by atoms with Crippen LogP contribution < -0.4 is 4.90 Å². The molecule has 37 heavy (non-hydrogen) atoms. The van der Waals surface area contributed by atoms with Crippen molar-refractivity contribution in [1.82, 2.24) is 9.97 Å². The monoisotopic (exact) mass is 521 g/mol. The maximum atomic E-state index is 11.5. The fourth-order valence-corrected chi connectivity index (χ4v) is 4.70. The van der Waals surface area contributed by atoms with Crippen molar-refractivity contribution in [2.45, 2.75) is 18.2 Å². The van der Waals surface area contributed by atoms with Gasteiger partial charge in [0.05, 0.1) is 42.5 Å². The predicted molar refractivity (Wildman–Crippen MR) is 145 cm³/mol. The van der Waals surface area contributed by atoms with E-state index in [-0.39, 0.29) is 4.90 Å². The van der Waals surface area contributed by atoms with Gasteiger partial charge >= 0.3 is 0 Å². The van der Waals surface area contributed by atoms with Crippen LogP contribution >= 0.6 is 0 Å². The second-order valence-corrected chi connectivity index (χ2v) is 10.2. The Labute approximate surface area is 217 Å². The number of nitrogens with zero attached hydrogens (tertiary/aromatic N) is 3. The minimum atomic E-state index is -4.25. The van der Waals surface area contributed by atoms with Crippen LogP contribution in [-0.4, -0.2) is 63.0 Å². The highest BCUT2D eigenvalue weighted by molar-refractivity contribution is 7.85. The molecule has 0 fully saturated rings. The molecule has 4 aromatic rings. The Morgan fingerprint density at radius 2 is 1.70 bits per heavy atom. The van der Waals surface area contributed by atoms with E-state index < -0.39 is 10.1 Å². The fourth-order valence-electron chi connectivity index (χ4n) is 3.97. The summed E-state index contributed by atoms with van der Waals surface area (Å²) in [6, 6.07) is 20.9. The van der Waals surface area contributed by atoms with Gasteiger partial charge in [-0.15, -0.1) is 0 Å². The second kappa shape index (κ2) is 12.2. The molecule has 2 aromatic carbocycles. The summed E-state index contributed by atoms with van der Waals surface area (Å²) in [5.41, 5.74) is 4.27. The van der Waals surface area contributed by atoms with Gasteiger partial charge in [0.25, 0.3) is 10.1 Å². The van der Waals surface area contributed by atoms with E-state index in [1.54, 1.807) is 12.1 Å². The van der Waals surface area contributed by atoms with Crippen LogP contribution in [0.25, 0.3) is 22.2 Å². The van der Waals surface area contributed by atoms with Crippen LogP contribution in [0.1, 0.15) is 11.1 Å². The molecule has 2 aromatic heterocycles. The van der Waals surface area contributed by atoms with Gasteiger partial charge in [0.2, 0.25) is 0 Å². The first-order chi connectivity index (χ1) is 17.8. The van der Waals surface area contributed by atoms with Gasteiger partial charge in [0.1, 0.15) is 5.82 Å². The first-order valence-corrected chi connectivity index (χ1v) is 13.5. The van der Waals surface area contributed by atoms with Crippen LogP contribution in [0.15, 0.2) is 77.8 Å². The Kier molecular flexibility index (Phi) is 8.83. The van der Waals surface area contributed by atoms with Crippen LogP contribution in [-0.2, 0) is 26.0 Å². The van der Waals surface area contributed by atoms with Gasteiger partial charge in [-0.05, 0) is 49.2 Å². The van der Waals surface area contributed by atoms with Crippen molar-refractivity contribution >= 4 is 26.8 Å². The molecule has 4 rings (SSSR count). The van der Waals surface area contributed by atoms with Crippen molar-refractivity contribution in [2.24, 2.45) is 0 Å². The molecule has 0 saturated heterocycles. The van der Waals surface area contributed by atoms with Gasteiger partial charge in [-0.2, -0.15) is 8.42 Å². The Hall–Kier alpha value is -3.37. The smallest absolute Gasteiger partial charge is 0.294 e. The van der Waals surface area contributed by atoms with E-state index in [9.17, 15) is 13.0 Å². The van der Waals surface area contributed by atoms with Crippen LogP contribution in [0.5, 0.6) is 0 Å². The van der Waals surface area contributed by atoms with Crippen molar-refractivity contribution < 1.29 is 22.4 Å². The van der Waals surface area contributed by atoms with Gasteiger partial charge in [-0.1, -0.05) is 42.0 Å². The standard InChI is InChI=1S/C28H31N3O5S/c1-21-7-11-27(37(32,33)34)23(19-21)13-15-35-17-18-36-16-14-31(2)28-12-9-24(20-29-28)26-10-8-22-5-3-4-6-25(22)30-26/h3-12,19-20H,13-18H2,1-2H3,(H,32,33,34). The molecule has 0 unspecified atom stereocenters. The number of hydrogen-bond acceptors (Lipinski definition) is 7. The van der Waals surface area contributed by atoms with Gasteiger partial charge in [-0.3, -0.25) is 4.55 Å². The average Bonchev–Trinajstić information content (AvgIpc) is 2.89. The van der Waals surface area contributed by atoms with Crippen LogP contribution in [0.2, 0.25) is 0 Å². The lowest BCUT2D eigenvalue weighted by Gasteiger charge is -2.18. The number of likely N-dealkylation sites (N-methyl/N-ethyl adjacent to an activating group) is 1. The topological polar surface area (TPSA) is 102 Å². The van der Waals surface area contributed by atoms with Crippen LogP contribution in [0.3, 0.4) is 0 Å². The molecule has 0 aliphatic carbocycles. The molecule has 0 bridgehead atoms. The molecule has 0 saturated carbocycles. The molecule has 0 aliphatic rings. The SMILES string of the molecule is Cc1ccc(S(=O)(=O)O)c(CCOCCOCCN(C)c2ccc(-c3ccc4ccccc4n3)cn2)c1. The lowest BCUT2D eigenvalue weighted by atomic mass is 10.1. The molecule has 1 N–H and O–H groups in total. The first-order valence-electron chi connectivity index (χ1n) is 12.1. The van der Waals surface area contributed by atoms with Gasteiger partial charge < -0.3 is 14.4 Å². The molecule has 194 valence electrons. The highest BCUT2D eigenvalue weighted by Crippen LogP contribution is 2.22. The largest absolute Gasteiger partial charge is 0.379 e. The van der Waals surface area contributed by atoms with E-state index in [2.05, 4.69) is 11.1 Å². The summed E-state index contributed by atoms with van der Waals surface area (Å²) in [7, 11) is -2.29. The van der Waals surface area contributed by atoms with Crippen molar-refractivity contribution in [2.75, 3.05) is 44.9 Å². The maximum absolute atomic E-state index is 11.5. The van der Waals surface area contributed by atoms with E-state index in [0.717, 1.165) is 33.5 Å². The molecule has 2 heterocycles. The van der Waals surface area contributed by atoms with Crippen molar-refractivity contribution in [3.63, 3.8) is 0 Å². The Bertz CT molecular complexity index is 1440. The van der Waals surface area contributed by atoms with Gasteiger partial charge in [0, 0.05) is 30.7 Å². The second-order valence-electron chi connectivity index (χ2n) is 8.78. The van der Waals surface area contributed by atoms with Crippen LogP contribution in [0.4, 0.5) is 5.82 Å². The quantitative estimate of drug-likeness (QED) is 0.214. The van der Waals surface area contributed by atoms with Crippen LogP contribution in [0, 0.1) is 6.92 Å². The molecule has 0 radical (unpaired) electrons. The number of benzene rings is 2. The number of para-hydroxylation sites is 1. The molecule has 9 heteroatoms. The zero-order valence-corrected chi connectivity index (χ0v) is 21.8. The number of anilines is 1. The highest BCUT2D eigenvalue weighted by Gasteiger charge is 2.15. The Balaban J connectivity index is 1.17. The maximum Gasteiger partial charge on any atom is 0.294 e. The van der Waals surface area contributed by atoms with E-state index in [1.807, 2.05) is 67.5 Å². The first kappa shape index (κ1) is 26.7. The Morgan fingerprint density at radius 3 is 2.46 bits per heavy atom. The molecule has 0 atom stereocenters. The molecule has 0 aliphatic heterocycles. The summed E-state index contributed by atoms with van der Waals surface area (Å²) in [5, 5.41) is 1.11. The van der Waals surface area contributed by atoms with Crippen molar-refractivity contribution in [3.8, 4) is 11.3 Å². The van der Waals surface area contributed by atoms with Crippen molar-refractivity contribution in [1.29, 1.82) is 0 Å². The van der Waals surface area contributed by atoms with E-state index in [1.165, 1.54) is 6.07 Å². The number of aryl methyl sites for hydroxylation is 1.